The first-order valence-corrected chi connectivity index (χ1v) is 9.21. The molecule has 3 nitrogen and oxygen atoms in total. The number of carbonyl (C=O) groups is 1. The summed E-state index contributed by atoms with van der Waals surface area (Å²) in [5.41, 5.74) is 0.795. The number of ether oxygens (including phenoxy) is 1. The number of benzene rings is 1. The Bertz CT molecular complexity index is 566. The van der Waals surface area contributed by atoms with Crippen molar-refractivity contribution < 1.29 is 9.53 Å². The second-order valence-electron chi connectivity index (χ2n) is 7.94. The third kappa shape index (κ3) is 2.86. The molecule has 1 aromatic carbocycles. The standard InChI is InChI=1S/C20H27NO2/c1-2-23-18-5-3-17(4-6-18)21-19(22)20-8-7-14-9-15(12-20)11-16(10-14)13-20/h3-6,14-16H,2,7-13H2,1H3,(H,21,22). The Morgan fingerprint density at radius 3 is 2.43 bits per heavy atom. The molecular weight excluding hydrogens is 286 g/mol. The van der Waals surface area contributed by atoms with Crippen LogP contribution in [0.25, 0.3) is 0 Å². The van der Waals surface area contributed by atoms with E-state index in [1.165, 1.54) is 25.7 Å². The zero-order valence-corrected chi connectivity index (χ0v) is 14.0. The summed E-state index contributed by atoms with van der Waals surface area (Å²) in [4.78, 5) is 13.1. The molecule has 1 aromatic rings. The highest BCUT2D eigenvalue weighted by Crippen LogP contribution is 2.57. The number of nitrogens with one attached hydrogen (secondary N) is 1. The van der Waals surface area contributed by atoms with Crippen molar-refractivity contribution in [1.29, 1.82) is 0 Å². The van der Waals surface area contributed by atoms with E-state index in [1.54, 1.807) is 0 Å². The van der Waals surface area contributed by atoms with Crippen LogP contribution in [0.15, 0.2) is 24.3 Å². The topological polar surface area (TPSA) is 38.3 Å². The molecule has 4 aliphatic carbocycles. The van der Waals surface area contributed by atoms with Crippen LogP contribution in [0.1, 0.15) is 51.9 Å². The molecule has 3 heteroatoms. The van der Waals surface area contributed by atoms with Gasteiger partial charge in [0.25, 0.3) is 0 Å². The van der Waals surface area contributed by atoms with Crippen LogP contribution in [-0.4, -0.2) is 12.5 Å². The molecule has 4 saturated carbocycles. The summed E-state index contributed by atoms with van der Waals surface area (Å²) in [5.74, 6) is 3.60. The smallest absolute Gasteiger partial charge is 0.230 e. The van der Waals surface area contributed by atoms with Crippen molar-refractivity contribution in [3.8, 4) is 5.75 Å². The molecule has 0 spiro atoms. The summed E-state index contributed by atoms with van der Waals surface area (Å²) < 4.78 is 5.47. The van der Waals surface area contributed by atoms with Crippen molar-refractivity contribution in [2.45, 2.75) is 51.9 Å². The van der Waals surface area contributed by atoms with Gasteiger partial charge < -0.3 is 10.1 Å². The second-order valence-corrected chi connectivity index (χ2v) is 7.94. The maximum absolute atomic E-state index is 13.1. The maximum Gasteiger partial charge on any atom is 0.230 e. The average molecular weight is 313 g/mol. The second kappa shape index (κ2) is 5.85. The minimum absolute atomic E-state index is 0.0998. The lowest BCUT2D eigenvalue weighted by molar-refractivity contribution is -0.130. The summed E-state index contributed by atoms with van der Waals surface area (Å²) in [7, 11) is 0. The fraction of sp³-hybridized carbons (Fsp3) is 0.650. The lowest BCUT2D eigenvalue weighted by Gasteiger charge is -2.44. The van der Waals surface area contributed by atoms with Crippen LogP contribution in [0.4, 0.5) is 5.69 Å². The van der Waals surface area contributed by atoms with Crippen molar-refractivity contribution >= 4 is 11.6 Å². The Morgan fingerprint density at radius 2 is 1.78 bits per heavy atom. The molecule has 5 rings (SSSR count). The predicted octanol–water partition coefficient (Wildman–Crippen LogP) is 4.63. The summed E-state index contributed by atoms with van der Waals surface area (Å²) in [6.45, 7) is 2.64. The number of rotatable bonds is 4. The lowest BCUT2D eigenvalue weighted by Crippen LogP contribution is -2.42. The van der Waals surface area contributed by atoms with Gasteiger partial charge in [-0.3, -0.25) is 4.79 Å². The molecule has 1 N–H and O–H groups in total. The summed E-state index contributed by atoms with van der Waals surface area (Å²) >= 11 is 0. The average Bonchev–Trinajstić information content (AvgIpc) is 2.74. The van der Waals surface area contributed by atoms with Crippen molar-refractivity contribution in [2.75, 3.05) is 11.9 Å². The highest BCUT2D eigenvalue weighted by atomic mass is 16.5. The highest BCUT2D eigenvalue weighted by molar-refractivity contribution is 5.95. The number of fused-ring (bicyclic) bond motifs is 1. The quantitative estimate of drug-likeness (QED) is 0.880. The first kappa shape index (κ1) is 15.0. The highest BCUT2D eigenvalue weighted by Gasteiger charge is 2.51. The molecule has 2 atom stereocenters. The van der Waals surface area contributed by atoms with Crippen molar-refractivity contribution in [1.82, 2.24) is 0 Å². The van der Waals surface area contributed by atoms with Gasteiger partial charge in [-0.1, -0.05) is 0 Å². The third-order valence-corrected chi connectivity index (χ3v) is 6.29. The van der Waals surface area contributed by atoms with Crippen LogP contribution in [-0.2, 0) is 4.79 Å². The minimum atomic E-state index is -0.0998. The number of amides is 1. The van der Waals surface area contributed by atoms with Crippen LogP contribution >= 0.6 is 0 Å². The van der Waals surface area contributed by atoms with Gasteiger partial charge in [0.2, 0.25) is 5.91 Å². The predicted molar refractivity (Wildman–Crippen MR) is 91.5 cm³/mol. The van der Waals surface area contributed by atoms with E-state index in [9.17, 15) is 4.79 Å². The van der Waals surface area contributed by atoms with Gasteiger partial charge in [0, 0.05) is 5.69 Å². The van der Waals surface area contributed by atoms with Crippen molar-refractivity contribution in [3.05, 3.63) is 24.3 Å². The molecule has 4 fully saturated rings. The number of carbonyl (C=O) groups excluding carboxylic acids is 1. The summed E-state index contributed by atoms with van der Waals surface area (Å²) in [6.07, 6.45) is 8.68. The fourth-order valence-corrected chi connectivity index (χ4v) is 5.51. The van der Waals surface area contributed by atoms with Gasteiger partial charge in [-0.2, -0.15) is 0 Å². The normalized spacial score (nSPS) is 34.9. The largest absolute Gasteiger partial charge is 0.494 e. The molecule has 2 unspecified atom stereocenters. The van der Waals surface area contributed by atoms with Crippen molar-refractivity contribution in [2.24, 2.45) is 23.2 Å². The van der Waals surface area contributed by atoms with E-state index < -0.39 is 0 Å². The Balaban J connectivity index is 1.49. The van der Waals surface area contributed by atoms with E-state index in [2.05, 4.69) is 5.32 Å². The monoisotopic (exact) mass is 313 g/mol. The fourth-order valence-electron chi connectivity index (χ4n) is 5.51. The zero-order valence-electron chi connectivity index (χ0n) is 14.0. The van der Waals surface area contributed by atoms with Gasteiger partial charge in [-0.05, 0) is 93.9 Å². The van der Waals surface area contributed by atoms with Gasteiger partial charge in [-0.25, -0.2) is 0 Å². The molecule has 23 heavy (non-hydrogen) atoms. The Kier molecular flexibility index (Phi) is 3.82. The van der Waals surface area contributed by atoms with Crippen LogP contribution in [0.3, 0.4) is 0 Å². The Morgan fingerprint density at radius 1 is 1.13 bits per heavy atom. The van der Waals surface area contributed by atoms with E-state index in [4.69, 9.17) is 4.74 Å². The molecule has 4 aliphatic rings. The molecule has 0 radical (unpaired) electrons. The van der Waals surface area contributed by atoms with E-state index in [1.807, 2.05) is 31.2 Å². The third-order valence-electron chi connectivity index (χ3n) is 6.29. The first-order chi connectivity index (χ1) is 11.2. The van der Waals surface area contributed by atoms with E-state index in [-0.39, 0.29) is 11.3 Å². The van der Waals surface area contributed by atoms with Gasteiger partial charge in [0.05, 0.1) is 12.0 Å². The molecule has 1 amide bonds. The molecular formula is C20H27NO2. The van der Waals surface area contributed by atoms with Crippen LogP contribution in [0.2, 0.25) is 0 Å². The Labute approximate surface area is 138 Å². The Hall–Kier alpha value is -1.51. The summed E-state index contributed by atoms with van der Waals surface area (Å²) in [5, 5.41) is 3.20. The van der Waals surface area contributed by atoms with Gasteiger partial charge in [0.1, 0.15) is 5.75 Å². The molecule has 0 saturated heterocycles. The first-order valence-electron chi connectivity index (χ1n) is 9.21. The summed E-state index contributed by atoms with van der Waals surface area (Å²) in [6, 6.07) is 7.78. The molecule has 124 valence electrons. The number of hydrogen-bond donors (Lipinski definition) is 1. The van der Waals surface area contributed by atoms with E-state index >= 15 is 0 Å². The molecule has 4 bridgehead atoms. The van der Waals surface area contributed by atoms with Gasteiger partial charge in [0.15, 0.2) is 0 Å². The van der Waals surface area contributed by atoms with Crippen molar-refractivity contribution in [3.63, 3.8) is 0 Å². The van der Waals surface area contributed by atoms with Gasteiger partial charge >= 0.3 is 0 Å². The van der Waals surface area contributed by atoms with Crippen LogP contribution in [0.5, 0.6) is 5.75 Å². The minimum Gasteiger partial charge on any atom is -0.494 e. The lowest BCUT2D eigenvalue weighted by atomic mass is 9.61. The van der Waals surface area contributed by atoms with Gasteiger partial charge in [-0.15, -0.1) is 0 Å². The number of hydrogen-bond acceptors (Lipinski definition) is 2. The zero-order chi connectivity index (χ0) is 15.9. The van der Waals surface area contributed by atoms with E-state index in [0.29, 0.717) is 6.61 Å². The van der Waals surface area contributed by atoms with Crippen LogP contribution < -0.4 is 10.1 Å². The van der Waals surface area contributed by atoms with Crippen LogP contribution in [0, 0.1) is 23.2 Å². The van der Waals surface area contributed by atoms with E-state index in [0.717, 1.165) is 48.5 Å². The SMILES string of the molecule is CCOc1ccc(NC(=O)C23CCC4CC(CC(C4)C2)C3)cc1. The number of anilines is 1. The molecule has 0 aromatic heterocycles. The molecule has 0 heterocycles. The maximum atomic E-state index is 13.1. The molecule has 0 aliphatic heterocycles.